The number of aromatic nitrogens is 3. The van der Waals surface area contributed by atoms with Crippen molar-refractivity contribution in [2.45, 2.75) is 0 Å². The first kappa shape index (κ1) is 32.7. The molecule has 0 bridgehead atoms. The van der Waals surface area contributed by atoms with Crippen LogP contribution in [0.5, 0.6) is 0 Å². The molecule has 0 amide bonds. The molecule has 0 saturated carbocycles. The van der Waals surface area contributed by atoms with Crippen LogP contribution in [0.15, 0.2) is 205 Å². The maximum absolute atomic E-state index is 6.60. The van der Waals surface area contributed by atoms with E-state index in [4.69, 9.17) is 19.4 Å². The molecule has 0 aliphatic heterocycles. The zero-order chi connectivity index (χ0) is 37.7. The minimum absolute atomic E-state index is 0.613. The highest BCUT2D eigenvalue weighted by Crippen LogP contribution is 2.41. The van der Waals surface area contributed by atoms with Gasteiger partial charge in [-0.3, -0.25) is 0 Å². The maximum Gasteiger partial charge on any atom is 0.164 e. The summed E-state index contributed by atoms with van der Waals surface area (Å²) in [6, 6.07) is 69.9. The molecule has 11 rings (SSSR count). The Morgan fingerprint density at radius 1 is 0.298 bits per heavy atom. The van der Waals surface area contributed by atoms with Crippen LogP contribution in [-0.2, 0) is 0 Å². The molecule has 11 aromatic rings. The Balaban J connectivity index is 1.00. The smallest absolute Gasteiger partial charge is 0.164 e. The fourth-order valence-corrected chi connectivity index (χ4v) is 8.09. The highest BCUT2D eigenvalue weighted by molar-refractivity contribution is 6.15. The molecular formula is C53H33N3O. The molecule has 9 aromatic carbocycles. The van der Waals surface area contributed by atoms with E-state index in [1.807, 2.05) is 6.07 Å². The van der Waals surface area contributed by atoms with Crippen LogP contribution in [0.25, 0.3) is 111 Å². The molecule has 0 aliphatic carbocycles. The predicted octanol–water partition coefficient (Wildman–Crippen LogP) is 14.1. The summed E-state index contributed by atoms with van der Waals surface area (Å²) in [6.07, 6.45) is 0. The number of benzene rings is 9. The van der Waals surface area contributed by atoms with Crippen LogP contribution in [0.4, 0.5) is 0 Å². The van der Waals surface area contributed by atoms with E-state index in [0.29, 0.717) is 17.5 Å². The predicted molar refractivity (Wildman–Crippen MR) is 235 cm³/mol. The Bertz CT molecular complexity index is 3270. The van der Waals surface area contributed by atoms with Gasteiger partial charge in [-0.25, -0.2) is 15.0 Å². The second-order valence-corrected chi connectivity index (χ2v) is 14.4. The number of hydrogen-bond acceptors (Lipinski definition) is 4. The summed E-state index contributed by atoms with van der Waals surface area (Å²) in [5.41, 5.74) is 11.3. The minimum atomic E-state index is 0.613. The largest absolute Gasteiger partial charge is 0.455 e. The average molecular weight is 728 g/mol. The third-order valence-corrected chi connectivity index (χ3v) is 11.0. The number of rotatable bonds is 6. The Morgan fingerprint density at radius 2 is 0.825 bits per heavy atom. The molecule has 57 heavy (non-hydrogen) atoms. The average Bonchev–Trinajstić information content (AvgIpc) is 3.68. The number of nitrogens with zero attached hydrogens (tertiary/aromatic N) is 3. The van der Waals surface area contributed by atoms with Crippen LogP contribution in [0.3, 0.4) is 0 Å². The maximum atomic E-state index is 6.60. The molecular weight excluding hydrogens is 695 g/mol. The third-order valence-electron chi connectivity index (χ3n) is 11.0. The number of furan rings is 1. The van der Waals surface area contributed by atoms with E-state index in [1.165, 1.54) is 21.9 Å². The van der Waals surface area contributed by atoms with Gasteiger partial charge in [0.25, 0.3) is 0 Å². The Hall–Kier alpha value is -7.69. The summed E-state index contributed by atoms with van der Waals surface area (Å²) >= 11 is 0. The molecule has 0 atom stereocenters. The van der Waals surface area contributed by atoms with Crippen molar-refractivity contribution in [2.75, 3.05) is 0 Å². The summed E-state index contributed by atoms with van der Waals surface area (Å²) in [4.78, 5) is 15.3. The first-order chi connectivity index (χ1) is 28.2. The van der Waals surface area contributed by atoms with Gasteiger partial charge in [0.2, 0.25) is 0 Å². The van der Waals surface area contributed by atoms with Gasteiger partial charge in [0, 0.05) is 33.0 Å². The summed E-state index contributed by atoms with van der Waals surface area (Å²) < 4.78 is 6.60. The summed E-state index contributed by atoms with van der Waals surface area (Å²) in [6.45, 7) is 0. The normalized spacial score (nSPS) is 11.5. The Morgan fingerprint density at radius 3 is 1.61 bits per heavy atom. The number of fused-ring (bicyclic) bond motifs is 5. The van der Waals surface area contributed by atoms with E-state index in [9.17, 15) is 0 Å². The van der Waals surface area contributed by atoms with Crippen LogP contribution < -0.4 is 0 Å². The van der Waals surface area contributed by atoms with Gasteiger partial charge in [-0.1, -0.05) is 188 Å². The van der Waals surface area contributed by atoms with Crippen LogP contribution in [0, 0.1) is 0 Å². The molecule has 0 N–H and O–H groups in total. The zero-order valence-electron chi connectivity index (χ0n) is 30.8. The molecule has 2 heterocycles. The number of hydrogen-bond donors (Lipinski definition) is 0. The van der Waals surface area contributed by atoms with E-state index < -0.39 is 0 Å². The van der Waals surface area contributed by atoms with Gasteiger partial charge in [0.1, 0.15) is 11.2 Å². The van der Waals surface area contributed by atoms with Gasteiger partial charge in [-0.2, -0.15) is 0 Å². The van der Waals surface area contributed by atoms with Gasteiger partial charge >= 0.3 is 0 Å². The molecule has 0 saturated heterocycles. The SMILES string of the molecule is c1ccc(-c2cccc3oc4c(-c5ccc(-c6nc(-c7ccc(-c8ccc9ccccc9c8)cc7)nc(-c7cccc8ccccc78)n6)cc5)cccc4c23)cc1. The van der Waals surface area contributed by atoms with Crippen molar-refractivity contribution in [3.05, 3.63) is 200 Å². The zero-order valence-corrected chi connectivity index (χ0v) is 30.8. The second-order valence-electron chi connectivity index (χ2n) is 14.4. The highest BCUT2D eigenvalue weighted by atomic mass is 16.3. The third kappa shape index (κ3) is 5.83. The standard InChI is InChI=1S/C53H33N3O/c1-2-12-37(13-3-1)44-18-10-22-48-49(44)47-21-9-19-45(50(47)57-48)38-26-30-40(31-27-38)52-54-51(55-53(56-52)46-20-8-16-36-14-6-7-17-43(36)46)39-28-23-35(24-29-39)42-32-25-34-11-4-5-15-41(34)33-42/h1-33H. The van der Waals surface area contributed by atoms with Crippen molar-refractivity contribution >= 4 is 43.5 Å². The van der Waals surface area contributed by atoms with Gasteiger partial charge in [0.05, 0.1) is 0 Å². The van der Waals surface area contributed by atoms with Crippen molar-refractivity contribution in [1.29, 1.82) is 0 Å². The second kappa shape index (κ2) is 13.6. The quantitative estimate of drug-likeness (QED) is 0.171. The van der Waals surface area contributed by atoms with E-state index in [0.717, 1.165) is 71.7 Å². The lowest BCUT2D eigenvalue weighted by atomic mass is 9.97. The van der Waals surface area contributed by atoms with Crippen molar-refractivity contribution in [3.63, 3.8) is 0 Å². The lowest BCUT2D eigenvalue weighted by Crippen LogP contribution is -2.00. The highest BCUT2D eigenvalue weighted by Gasteiger charge is 2.18. The van der Waals surface area contributed by atoms with Crippen molar-refractivity contribution < 1.29 is 4.42 Å². The van der Waals surface area contributed by atoms with Crippen molar-refractivity contribution in [1.82, 2.24) is 15.0 Å². The first-order valence-electron chi connectivity index (χ1n) is 19.2. The summed E-state index contributed by atoms with van der Waals surface area (Å²) in [7, 11) is 0. The molecule has 0 unspecified atom stereocenters. The van der Waals surface area contributed by atoms with E-state index in [1.54, 1.807) is 0 Å². The first-order valence-corrected chi connectivity index (χ1v) is 19.2. The van der Waals surface area contributed by atoms with Crippen LogP contribution in [0.2, 0.25) is 0 Å². The fraction of sp³-hybridized carbons (Fsp3) is 0. The molecule has 0 fully saturated rings. The van der Waals surface area contributed by atoms with E-state index in [-0.39, 0.29) is 0 Å². The minimum Gasteiger partial charge on any atom is -0.455 e. The van der Waals surface area contributed by atoms with Gasteiger partial charge < -0.3 is 4.42 Å². The van der Waals surface area contributed by atoms with Gasteiger partial charge in [0.15, 0.2) is 17.5 Å². The monoisotopic (exact) mass is 727 g/mol. The molecule has 0 aliphatic rings. The van der Waals surface area contributed by atoms with Gasteiger partial charge in [-0.15, -0.1) is 0 Å². The van der Waals surface area contributed by atoms with Crippen LogP contribution in [-0.4, -0.2) is 15.0 Å². The van der Waals surface area contributed by atoms with E-state index in [2.05, 4.69) is 194 Å². The molecule has 4 nitrogen and oxygen atoms in total. The Labute approximate surface area is 329 Å². The van der Waals surface area contributed by atoms with Crippen molar-refractivity contribution in [3.8, 4) is 67.5 Å². The molecule has 2 aromatic heterocycles. The lowest BCUT2D eigenvalue weighted by Gasteiger charge is -2.11. The molecule has 266 valence electrons. The van der Waals surface area contributed by atoms with Gasteiger partial charge in [-0.05, 0) is 61.5 Å². The molecule has 0 spiro atoms. The molecule has 4 heteroatoms. The van der Waals surface area contributed by atoms with Crippen LogP contribution in [0.1, 0.15) is 0 Å². The lowest BCUT2D eigenvalue weighted by molar-refractivity contribution is 0.670. The van der Waals surface area contributed by atoms with E-state index >= 15 is 0 Å². The number of para-hydroxylation sites is 1. The Kier molecular flexibility index (Phi) is 7.78. The molecule has 0 radical (unpaired) electrons. The fourth-order valence-electron chi connectivity index (χ4n) is 8.09. The summed E-state index contributed by atoms with van der Waals surface area (Å²) in [5.74, 6) is 1.87. The summed E-state index contributed by atoms with van der Waals surface area (Å²) in [5, 5.41) is 6.91. The topological polar surface area (TPSA) is 51.8 Å². The van der Waals surface area contributed by atoms with Crippen molar-refractivity contribution in [2.24, 2.45) is 0 Å². The van der Waals surface area contributed by atoms with Crippen LogP contribution >= 0.6 is 0 Å².